The van der Waals surface area contributed by atoms with Crippen molar-refractivity contribution >= 4 is 17.2 Å². The maximum atomic E-state index is 12.9. The SMILES string of the molecule is Cc1nc(CN2CCCN(C(=O)COc3ccc(F)cc3)CC2)cs1. The Labute approximate surface area is 151 Å². The van der Waals surface area contributed by atoms with Gasteiger partial charge in [-0.05, 0) is 37.6 Å². The van der Waals surface area contributed by atoms with Gasteiger partial charge in [0.1, 0.15) is 11.6 Å². The minimum absolute atomic E-state index is 0.0170. The van der Waals surface area contributed by atoms with Crippen molar-refractivity contribution in [1.82, 2.24) is 14.8 Å². The molecule has 0 unspecified atom stereocenters. The highest BCUT2D eigenvalue weighted by Crippen LogP contribution is 2.14. The summed E-state index contributed by atoms with van der Waals surface area (Å²) in [5.74, 6) is 0.155. The van der Waals surface area contributed by atoms with Gasteiger partial charge in [-0.15, -0.1) is 11.3 Å². The van der Waals surface area contributed by atoms with Crippen molar-refractivity contribution in [3.05, 3.63) is 46.2 Å². The van der Waals surface area contributed by atoms with Crippen molar-refractivity contribution in [3.63, 3.8) is 0 Å². The number of aryl methyl sites for hydroxylation is 1. The highest BCUT2D eigenvalue weighted by atomic mass is 32.1. The Morgan fingerprint density at radius 2 is 2.04 bits per heavy atom. The van der Waals surface area contributed by atoms with E-state index in [-0.39, 0.29) is 18.3 Å². The van der Waals surface area contributed by atoms with Gasteiger partial charge >= 0.3 is 0 Å². The van der Waals surface area contributed by atoms with Crippen molar-refractivity contribution in [3.8, 4) is 5.75 Å². The van der Waals surface area contributed by atoms with Crippen LogP contribution in [-0.4, -0.2) is 53.5 Å². The number of thiazole rings is 1. The number of aromatic nitrogens is 1. The second kappa shape index (κ2) is 8.40. The molecule has 1 aliphatic rings. The van der Waals surface area contributed by atoms with Crippen molar-refractivity contribution in [2.45, 2.75) is 19.9 Å². The van der Waals surface area contributed by atoms with E-state index in [0.717, 1.165) is 43.3 Å². The summed E-state index contributed by atoms with van der Waals surface area (Å²) in [6.45, 7) is 6.04. The van der Waals surface area contributed by atoms with Crippen LogP contribution in [0.1, 0.15) is 17.1 Å². The molecule has 25 heavy (non-hydrogen) atoms. The molecular formula is C18H22FN3O2S. The summed E-state index contributed by atoms with van der Waals surface area (Å²) in [6, 6.07) is 5.71. The Kier molecular flexibility index (Phi) is 5.99. The molecule has 7 heteroatoms. The smallest absolute Gasteiger partial charge is 0.260 e. The van der Waals surface area contributed by atoms with E-state index in [1.807, 2.05) is 11.8 Å². The fourth-order valence-corrected chi connectivity index (χ4v) is 3.46. The molecule has 0 radical (unpaired) electrons. The van der Waals surface area contributed by atoms with Gasteiger partial charge in [0.25, 0.3) is 5.91 Å². The number of carbonyl (C=O) groups excluding carboxylic acids is 1. The van der Waals surface area contributed by atoms with Crippen LogP contribution in [0, 0.1) is 12.7 Å². The van der Waals surface area contributed by atoms with E-state index in [4.69, 9.17) is 4.74 Å². The van der Waals surface area contributed by atoms with Gasteiger partial charge in [0.2, 0.25) is 0 Å². The molecule has 0 aliphatic carbocycles. The third-order valence-electron chi connectivity index (χ3n) is 4.17. The maximum Gasteiger partial charge on any atom is 0.260 e. The minimum Gasteiger partial charge on any atom is -0.484 e. The number of hydrogen-bond donors (Lipinski definition) is 0. The van der Waals surface area contributed by atoms with Crippen molar-refractivity contribution in [2.24, 2.45) is 0 Å². The predicted octanol–water partition coefficient (Wildman–Crippen LogP) is 2.70. The molecule has 0 atom stereocenters. The third kappa shape index (κ3) is 5.24. The van der Waals surface area contributed by atoms with Gasteiger partial charge in [0.15, 0.2) is 6.61 Å². The molecule has 0 spiro atoms. The number of rotatable bonds is 5. The zero-order valence-corrected chi connectivity index (χ0v) is 15.1. The van der Waals surface area contributed by atoms with Crippen molar-refractivity contribution in [2.75, 3.05) is 32.8 Å². The topological polar surface area (TPSA) is 45.7 Å². The van der Waals surface area contributed by atoms with Crippen molar-refractivity contribution in [1.29, 1.82) is 0 Å². The molecule has 3 rings (SSSR count). The second-order valence-electron chi connectivity index (χ2n) is 6.11. The zero-order valence-electron chi connectivity index (χ0n) is 14.3. The lowest BCUT2D eigenvalue weighted by molar-refractivity contribution is -0.133. The Hall–Kier alpha value is -1.99. The molecule has 2 aromatic rings. The summed E-state index contributed by atoms with van der Waals surface area (Å²) < 4.78 is 18.3. The predicted molar refractivity (Wildman–Crippen MR) is 95.2 cm³/mol. The van der Waals surface area contributed by atoms with E-state index >= 15 is 0 Å². The van der Waals surface area contributed by atoms with E-state index in [2.05, 4.69) is 15.3 Å². The summed E-state index contributed by atoms with van der Waals surface area (Å²) in [4.78, 5) is 21.0. The third-order valence-corrected chi connectivity index (χ3v) is 4.99. The quantitative estimate of drug-likeness (QED) is 0.819. The normalized spacial score (nSPS) is 15.8. The lowest BCUT2D eigenvalue weighted by Gasteiger charge is -2.21. The van der Waals surface area contributed by atoms with E-state index in [1.54, 1.807) is 11.3 Å². The summed E-state index contributed by atoms with van der Waals surface area (Å²) in [5.41, 5.74) is 1.10. The number of halogens is 1. The first-order chi connectivity index (χ1) is 12.1. The van der Waals surface area contributed by atoms with Crippen LogP contribution in [0.2, 0.25) is 0 Å². The summed E-state index contributed by atoms with van der Waals surface area (Å²) in [5, 5.41) is 3.18. The largest absolute Gasteiger partial charge is 0.484 e. The van der Waals surface area contributed by atoms with Crippen LogP contribution in [0.5, 0.6) is 5.75 Å². The standard InChI is InChI=1S/C18H22FN3O2S/c1-14-20-16(13-25-14)11-21-7-2-8-22(10-9-21)18(23)12-24-17-5-3-15(19)4-6-17/h3-6,13H,2,7-12H2,1H3. The van der Waals surface area contributed by atoms with Gasteiger partial charge in [-0.25, -0.2) is 9.37 Å². The van der Waals surface area contributed by atoms with E-state index in [0.29, 0.717) is 12.3 Å². The van der Waals surface area contributed by atoms with Crippen molar-refractivity contribution < 1.29 is 13.9 Å². The van der Waals surface area contributed by atoms with Gasteiger partial charge in [-0.2, -0.15) is 0 Å². The number of amides is 1. The number of hydrogen-bond acceptors (Lipinski definition) is 5. The number of nitrogens with zero attached hydrogens (tertiary/aromatic N) is 3. The van der Waals surface area contributed by atoms with Gasteiger partial charge in [-0.1, -0.05) is 0 Å². The van der Waals surface area contributed by atoms with E-state index in [9.17, 15) is 9.18 Å². The van der Waals surface area contributed by atoms with Crippen LogP contribution in [0.15, 0.2) is 29.6 Å². The van der Waals surface area contributed by atoms with E-state index in [1.165, 1.54) is 24.3 Å². The molecule has 0 N–H and O–H groups in total. The molecule has 1 aromatic carbocycles. The van der Waals surface area contributed by atoms with Gasteiger partial charge in [-0.3, -0.25) is 9.69 Å². The molecular weight excluding hydrogens is 341 g/mol. The van der Waals surface area contributed by atoms with Gasteiger partial charge in [0, 0.05) is 38.1 Å². The highest BCUT2D eigenvalue weighted by Gasteiger charge is 2.20. The first-order valence-electron chi connectivity index (χ1n) is 8.39. The zero-order chi connectivity index (χ0) is 17.6. The summed E-state index contributed by atoms with van der Waals surface area (Å²) in [7, 11) is 0. The van der Waals surface area contributed by atoms with Gasteiger partial charge < -0.3 is 9.64 Å². The average molecular weight is 363 g/mol. The monoisotopic (exact) mass is 363 g/mol. The Morgan fingerprint density at radius 1 is 1.24 bits per heavy atom. The number of carbonyl (C=O) groups is 1. The van der Waals surface area contributed by atoms with Crippen LogP contribution in [0.3, 0.4) is 0 Å². The first kappa shape index (κ1) is 17.8. The van der Waals surface area contributed by atoms with E-state index < -0.39 is 0 Å². The first-order valence-corrected chi connectivity index (χ1v) is 9.27. The van der Waals surface area contributed by atoms with Crippen LogP contribution < -0.4 is 4.74 Å². The molecule has 1 saturated heterocycles. The average Bonchev–Trinajstić information content (AvgIpc) is 2.87. The maximum absolute atomic E-state index is 12.9. The number of benzene rings is 1. The molecule has 1 aromatic heterocycles. The molecule has 2 heterocycles. The van der Waals surface area contributed by atoms with Crippen LogP contribution in [0.4, 0.5) is 4.39 Å². The van der Waals surface area contributed by atoms with Crippen LogP contribution in [0.25, 0.3) is 0 Å². The fraction of sp³-hybridized carbons (Fsp3) is 0.444. The molecule has 1 amide bonds. The lowest BCUT2D eigenvalue weighted by atomic mass is 10.3. The molecule has 134 valence electrons. The Bertz CT molecular complexity index is 705. The fourth-order valence-electron chi connectivity index (χ4n) is 2.86. The lowest BCUT2D eigenvalue weighted by Crippen LogP contribution is -2.38. The molecule has 0 saturated carbocycles. The second-order valence-corrected chi connectivity index (χ2v) is 7.17. The molecule has 0 bridgehead atoms. The van der Waals surface area contributed by atoms with Crippen LogP contribution in [-0.2, 0) is 11.3 Å². The Balaban J connectivity index is 1.46. The molecule has 1 fully saturated rings. The molecule has 5 nitrogen and oxygen atoms in total. The summed E-state index contributed by atoms with van der Waals surface area (Å²) >= 11 is 1.67. The molecule has 1 aliphatic heterocycles. The Morgan fingerprint density at radius 3 is 2.76 bits per heavy atom. The summed E-state index contributed by atoms with van der Waals surface area (Å²) in [6.07, 6.45) is 0.936. The van der Waals surface area contributed by atoms with Gasteiger partial charge in [0.05, 0.1) is 10.7 Å². The van der Waals surface area contributed by atoms with Crippen LogP contribution >= 0.6 is 11.3 Å². The minimum atomic E-state index is -0.318. The number of ether oxygens (including phenoxy) is 1. The highest BCUT2D eigenvalue weighted by molar-refractivity contribution is 7.09.